The maximum Gasteiger partial charge on any atom is 0.132 e. The molecule has 0 fully saturated rings. The lowest BCUT2D eigenvalue weighted by Crippen LogP contribution is -2.35. The van der Waals surface area contributed by atoms with Crippen LogP contribution in [0.25, 0.3) is 0 Å². The normalized spacial score (nSPS) is 20.7. The van der Waals surface area contributed by atoms with Gasteiger partial charge < -0.3 is 0 Å². The molecule has 0 radical (unpaired) electrons. The Morgan fingerprint density at radius 1 is 0.917 bits per heavy atom. The van der Waals surface area contributed by atoms with Gasteiger partial charge in [0.15, 0.2) is 0 Å². The minimum absolute atomic E-state index is 0.539. The molecule has 0 amide bonds. The summed E-state index contributed by atoms with van der Waals surface area (Å²) in [5, 5.41) is 3.76. The van der Waals surface area contributed by atoms with Gasteiger partial charge in [0.25, 0.3) is 0 Å². The topological polar surface area (TPSA) is 31.2 Å². The Morgan fingerprint density at radius 3 is 2.25 bits per heavy atom. The lowest BCUT2D eigenvalue weighted by atomic mass is 10.3. The summed E-state index contributed by atoms with van der Waals surface area (Å²) in [5.41, 5.74) is 0. The average molecular weight is 162 g/mol. The summed E-state index contributed by atoms with van der Waals surface area (Å²) >= 11 is 0. The highest BCUT2D eigenvalue weighted by Gasteiger charge is 2.05. The summed E-state index contributed by atoms with van der Waals surface area (Å²) in [7, 11) is 0. The van der Waals surface area contributed by atoms with Crippen LogP contribution in [0.5, 0.6) is 0 Å². The molecule has 4 nitrogen and oxygen atoms in total. The van der Waals surface area contributed by atoms with Crippen LogP contribution in [0.15, 0.2) is 34.5 Å². The predicted molar refractivity (Wildman–Crippen MR) is 48.4 cm³/mol. The molecule has 0 saturated heterocycles. The smallest absolute Gasteiger partial charge is 0.132 e. The number of hydrogen-bond acceptors (Lipinski definition) is 4. The number of aliphatic imine (C=N–C) groups is 2. The molecule has 2 rings (SSSR count). The van der Waals surface area contributed by atoms with Crippen molar-refractivity contribution in [2.75, 3.05) is 6.67 Å². The summed E-state index contributed by atoms with van der Waals surface area (Å²) in [4.78, 5) is 8.05. The monoisotopic (exact) mass is 162 g/mol. The Hall–Kier alpha value is -1.58. The first-order valence-electron chi connectivity index (χ1n) is 3.86. The number of nitrogens with zero attached hydrogens (tertiary/aromatic N) is 4. The van der Waals surface area contributed by atoms with E-state index in [0.29, 0.717) is 6.67 Å². The molecule has 2 aliphatic heterocycles. The van der Waals surface area contributed by atoms with Gasteiger partial charge in [-0.05, 0) is 6.42 Å². The molecular formula is C8H10N4. The lowest BCUT2D eigenvalue weighted by Gasteiger charge is -2.27. The van der Waals surface area contributed by atoms with Gasteiger partial charge in [-0.15, -0.1) is 0 Å². The molecule has 0 aromatic heterocycles. The second kappa shape index (κ2) is 3.21. The van der Waals surface area contributed by atoms with Gasteiger partial charge in [-0.25, -0.2) is 5.01 Å². The summed E-state index contributed by atoms with van der Waals surface area (Å²) in [6, 6.07) is 0. The van der Waals surface area contributed by atoms with E-state index in [9.17, 15) is 0 Å². The van der Waals surface area contributed by atoms with E-state index in [4.69, 9.17) is 0 Å². The van der Waals surface area contributed by atoms with Crippen molar-refractivity contribution in [3.63, 3.8) is 0 Å². The minimum atomic E-state index is 0.539. The van der Waals surface area contributed by atoms with Crippen molar-refractivity contribution in [3.05, 3.63) is 24.6 Å². The molecule has 2 heterocycles. The third-order valence-electron chi connectivity index (χ3n) is 1.62. The van der Waals surface area contributed by atoms with Gasteiger partial charge in [-0.2, -0.15) is 0 Å². The molecule has 0 aromatic rings. The highest BCUT2D eigenvalue weighted by Crippen LogP contribution is 2.05. The van der Waals surface area contributed by atoms with Crippen molar-refractivity contribution >= 4 is 12.7 Å². The Morgan fingerprint density at radius 2 is 1.58 bits per heavy atom. The van der Waals surface area contributed by atoms with Crippen LogP contribution in [-0.4, -0.2) is 29.4 Å². The first-order valence-corrected chi connectivity index (χ1v) is 3.86. The van der Waals surface area contributed by atoms with Crippen molar-refractivity contribution in [1.82, 2.24) is 10.0 Å². The molecular weight excluding hydrogens is 152 g/mol. The zero-order valence-corrected chi connectivity index (χ0v) is 6.67. The number of rotatable bonds is 1. The summed E-state index contributed by atoms with van der Waals surface area (Å²) in [6.07, 6.45) is 12.7. The van der Waals surface area contributed by atoms with E-state index in [1.165, 1.54) is 0 Å². The molecule has 62 valence electrons. The van der Waals surface area contributed by atoms with Crippen LogP contribution < -0.4 is 0 Å². The standard InChI is InChI=1S/C8H10N4/c1-2-4-11(5-3-1)12-7-9-6-10-8-12/h2-5,7-8H,1,6H2. The summed E-state index contributed by atoms with van der Waals surface area (Å²) in [5.74, 6) is 0. The Balaban J connectivity index is 2.07. The van der Waals surface area contributed by atoms with Gasteiger partial charge in [0, 0.05) is 12.4 Å². The molecule has 0 bridgehead atoms. The van der Waals surface area contributed by atoms with Gasteiger partial charge in [0.05, 0.1) is 0 Å². The predicted octanol–water partition coefficient (Wildman–Crippen LogP) is 0.964. The Labute approximate surface area is 71.2 Å². The van der Waals surface area contributed by atoms with Crippen LogP contribution in [0, 0.1) is 0 Å². The molecule has 0 aromatic carbocycles. The van der Waals surface area contributed by atoms with Crippen LogP contribution in [0.2, 0.25) is 0 Å². The zero-order valence-electron chi connectivity index (χ0n) is 6.67. The van der Waals surface area contributed by atoms with E-state index in [-0.39, 0.29) is 0 Å². The molecule has 0 unspecified atom stereocenters. The number of allylic oxidation sites excluding steroid dienone is 2. The van der Waals surface area contributed by atoms with Crippen molar-refractivity contribution in [2.45, 2.75) is 6.42 Å². The fourth-order valence-electron chi connectivity index (χ4n) is 1.06. The van der Waals surface area contributed by atoms with E-state index >= 15 is 0 Å². The molecule has 0 saturated carbocycles. The van der Waals surface area contributed by atoms with Crippen molar-refractivity contribution in [2.24, 2.45) is 9.98 Å². The first kappa shape index (κ1) is 7.09. The molecule has 0 atom stereocenters. The second-order valence-corrected chi connectivity index (χ2v) is 2.50. The van der Waals surface area contributed by atoms with E-state index < -0.39 is 0 Å². The average Bonchev–Trinajstić information content (AvgIpc) is 2.21. The van der Waals surface area contributed by atoms with Gasteiger partial charge in [-0.3, -0.25) is 15.0 Å². The SMILES string of the molecule is C1=CN(N2C=NCN=C2)C=CC1. The van der Waals surface area contributed by atoms with Crippen molar-refractivity contribution in [3.8, 4) is 0 Å². The highest BCUT2D eigenvalue weighted by atomic mass is 15.6. The zero-order chi connectivity index (χ0) is 8.23. The molecule has 12 heavy (non-hydrogen) atoms. The Bertz CT molecular complexity index is 212. The third-order valence-corrected chi connectivity index (χ3v) is 1.62. The minimum Gasteiger partial charge on any atom is -0.263 e. The van der Waals surface area contributed by atoms with Crippen LogP contribution >= 0.6 is 0 Å². The molecule has 0 N–H and O–H groups in total. The molecule has 0 aliphatic carbocycles. The molecule has 2 aliphatic rings. The summed E-state index contributed by atoms with van der Waals surface area (Å²) < 4.78 is 0. The van der Waals surface area contributed by atoms with Crippen molar-refractivity contribution < 1.29 is 0 Å². The number of hydrogen-bond donors (Lipinski definition) is 0. The quantitative estimate of drug-likeness (QED) is 0.575. The van der Waals surface area contributed by atoms with Gasteiger partial charge in [0.1, 0.15) is 19.3 Å². The van der Waals surface area contributed by atoms with E-state index in [2.05, 4.69) is 22.1 Å². The van der Waals surface area contributed by atoms with Gasteiger partial charge in [0.2, 0.25) is 0 Å². The van der Waals surface area contributed by atoms with E-state index in [1.54, 1.807) is 12.7 Å². The maximum atomic E-state index is 4.03. The van der Waals surface area contributed by atoms with Crippen LogP contribution in [-0.2, 0) is 0 Å². The maximum absolute atomic E-state index is 4.03. The van der Waals surface area contributed by atoms with Crippen LogP contribution in [0.4, 0.5) is 0 Å². The van der Waals surface area contributed by atoms with Crippen LogP contribution in [0.1, 0.15) is 6.42 Å². The van der Waals surface area contributed by atoms with E-state index in [1.807, 2.05) is 22.4 Å². The highest BCUT2D eigenvalue weighted by molar-refractivity contribution is 5.76. The van der Waals surface area contributed by atoms with E-state index in [0.717, 1.165) is 6.42 Å². The first-order chi connectivity index (χ1) is 5.97. The lowest BCUT2D eigenvalue weighted by molar-refractivity contribution is 0.275. The number of hydrazine groups is 1. The second-order valence-electron chi connectivity index (χ2n) is 2.50. The Kier molecular flexibility index (Phi) is 1.90. The molecule has 4 heteroatoms. The fourth-order valence-corrected chi connectivity index (χ4v) is 1.06. The third kappa shape index (κ3) is 1.37. The van der Waals surface area contributed by atoms with Gasteiger partial charge in [-0.1, -0.05) is 12.2 Å². The molecule has 0 spiro atoms. The fraction of sp³-hybridized carbons (Fsp3) is 0.250. The summed E-state index contributed by atoms with van der Waals surface area (Å²) in [6.45, 7) is 0.539. The van der Waals surface area contributed by atoms with Crippen molar-refractivity contribution in [1.29, 1.82) is 0 Å². The van der Waals surface area contributed by atoms with Crippen LogP contribution in [0.3, 0.4) is 0 Å². The largest absolute Gasteiger partial charge is 0.263 e. The van der Waals surface area contributed by atoms with Gasteiger partial charge >= 0.3 is 0 Å².